The summed E-state index contributed by atoms with van der Waals surface area (Å²) in [4.78, 5) is 5.42. The molecule has 0 aliphatic heterocycles. The summed E-state index contributed by atoms with van der Waals surface area (Å²) in [5.41, 5.74) is 1.74. The van der Waals surface area contributed by atoms with Gasteiger partial charge in [0.25, 0.3) is 0 Å². The van der Waals surface area contributed by atoms with Crippen LogP contribution in [0.5, 0.6) is 0 Å². The maximum absolute atomic E-state index is 10.1. The van der Waals surface area contributed by atoms with Crippen LogP contribution in [0.2, 0.25) is 0 Å². The highest BCUT2D eigenvalue weighted by atomic mass is 32.1. The number of hydrogen-bond acceptors (Lipinski definition) is 4. The van der Waals surface area contributed by atoms with Crippen LogP contribution < -0.4 is 0 Å². The maximum Gasteiger partial charge on any atom is 0.193 e. The Kier molecular flexibility index (Phi) is 2.89. The molecule has 0 saturated heterocycles. The molecule has 3 aromatic rings. The largest absolute Gasteiger partial charge is 0.388 e. The summed E-state index contributed by atoms with van der Waals surface area (Å²) < 4.78 is 3.78. The zero-order valence-electron chi connectivity index (χ0n) is 10.0. The Hall–Kier alpha value is -1.66. The van der Waals surface area contributed by atoms with Gasteiger partial charge in [-0.25, -0.2) is 4.98 Å². The summed E-state index contributed by atoms with van der Waals surface area (Å²) in [7, 11) is 0. The molecule has 5 nitrogen and oxygen atoms in total. The Labute approximate surface area is 108 Å². The lowest BCUT2D eigenvalue weighted by molar-refractivity contribution is 0.177. The van der Waals surface area contributed by atoms with Crippen LogP contribution in [0.1, 0.15) is 24.3 Å². The van der Waals surface area contributed by atoms with E-state index >= 15 is 0 Å². The summed E-state index contributed by atoms with van der Waals surface area (Å²) >= 11 is 1.59. The molecule has 1 N–H and O–H groups in total. The molecule has 94 valence electrons. The van der Waals surface area contributed by atoms with Crippen molar-refractivity contribution in [2.75, 3.05) is 0 Å². The van der Waals surface area contributed by atoms with Gasteiger partial charge in [-0.3, -0.25) is 9.08 Å². The molecule has 0 aliphatic rings. The quantitative estimate of drug-likeness (QED) is 0.781. The molecule has 6 heteroatoms. The SMILES string of the molecule is CCn1cc(C(O)Cc2cn3ccsc3n2)cn1. The smallest absolute Gasteiger partial charge is 0.193 e. The number of hydrogen-bond donors (Lipinski definition) is 1. The minimum Gasteiger partial charge on any atom is -0.388 e. The highest BCUT2D eigenvalue weighted by Crippen LogP contribution is 2.19. The summed E-state index contributed by atoms with van der Waals surface area (Å²) in [5, 5.41) is 16.3. The predicted octanol–water partition coefficient (Wildman–Crippen LogP) is 1.89. The Balaban J connectivity index is 1.77. The fourth-order valence-electron chi connectivity index (χ4n) is 1.91. The van der Waals surface area contributed by atoms with Crippen molar-refractivity contribution in [1.82, 2.24) is 19.2 Å². The van der Waals surface area contributed by atoms with Gasteiger partial charge in [-0.15, -0.1) is 11.3 Å². The van der Waals surface area contributed by atoms with Crippen LogP contribution in [0.15, 0.2) is 30.2 Å². The van der Waals surface area contributed by atoms with E-state index in [2.05, 4.69) is 10.1 Å². The van der Waals surface area contributed by atoms with E-state index in [-0.39, 0.29) is 0 Å². The molecule has 1 atom stereocenters. The van der Waals surface area contributed by atoms with Gasteiger partial charge in [-0.05, 0) is 6.92 Å². The van der Waals surface area contributed by atoms with Crippen LogP contribution in [0, 0.1) is 0 Å². The topological polar surface area (TPSA) is 55.4 Å². The van der Waals surface area contributed by atoms with Gasteiger partial charge in [0.15, 0.2) is 4.96 Å². The molecule has 3 rings (SSSR count). The first-order valence-corrected chi connectivity index (χ1v) is 6.75. The third-order valence-electron chi connectivity index (χ3n) is 2.91. The Morgan fingerprint density at radius 3 is 3.06 bits per heavy atom. The molecule has 0 aromatic carbocycles. The lowest BCUT2D eigenvalue weighted by atomic mass is 10.1. The number of aliphatic hydroxyl groups excluding tert-OH is 1. The molecule has 3 heterocycles. The second-order valence-electron chi connectivity index (χ2n) is 4.17. The summed E-state index contributed by atoms with van der Waals surface area (Å²) in [6.07, 6.45) is 7.49. The number of aryl methyl sites for hydroxylation is 1. The number of aliphatic hydroxyl groups is 1. The van der Waals surface area contributed by atoms with E-state index in [0.29, 0.717) is 6.42 Å². The lowest BCUT2D eigenvalue weighted by Crippen LogP contribution is -2.01. The third-order valence-corrected chi connectivity index (χ3v) is 3.68. The van der Waals surface area contributed by atoms with Gasteiger partial charge in [0.2, 0.25) is 0 Å². The van der Waals surface area contributed by atoms with Crippen LogP contribution in [0.3, 0.4) is 0 Å². The molecule has 0 fully saturated rings. The summed E-state index contributed by atoms with van der Waals surface area (Å²) in [5.74, 6) is 0. The average Bonchev–Trinajstić information content (AvgIpc) is 3.02. The maximum atomic E-state index is 10.1. The van der Waals surface area contributed by atoms with E-state index < -0.39 is 6.10 Å². The van der Waals surface area contributed by atoms with E-state index in [1.807, 2.05) is 40.0 Å². The van der Waals surface area contributed by atoms with Crippen LogP contribution in [-0.2, 0) is 13.0 Å². The lowest BCUT2D eigenvalue weighted by Gasteiger charge is -2.05. The van der Waals surface area contributed by atoms with Gasteiger partial charge in [-0.2, -0.15) is 5.10 Å². The fourth-order valence-corrected chi connectivity index (χ4v) is 2.63. The highest BCUT2D eigenvalue weighted by molar-refractivity contribution is 7.15. The molecule has 0 bridgehead atoms. The zero-order chi connectivity index (χ0) is 12.5. The minimum atomic E-state index is -0.546. The van der Waals surface area contributed by atoms with E-state index in [1.165, 1.54) is 0 Å². The number of aromatic nitrogens is 4. The Morgan fingerprint density at radius 1 is 1.44 bits per heavy atom. The van der Waals surface area contributed by atoms with Gasteiger partial charge in [0.1, 0.15) is 0 Å². The average molecular weight is 262 g/mol. The highest BCUT2D eigenvalue weighted by Gasteiger charge is 2.13. The Morgan fingerprint density at radius 2 is 2.33 bits per heavy atom. The van der Waals surface area contributed by atoms with E-state index in [9.17, 15) is 5.11 Å². The van der Waals surface area contributed by atoms with Gasteiger partial charge >= 0.3 is 0 Å². The summed E-state index contributed by atoms with van der Waals surface area (Å²) in [6.45, 7) is 2.83. The fraction of sp³-hybridized carbons (Fsp3) is 0.333. The van der Waals surface area contributed by atoms with E-state index in [1.54, 1.807) is 17.5 Å². The molecule has 0 saturated carbocycles. The number of thiazole rings is 1. The molecule has 1 unspecified atom stereocenters. The van der Waals surface area contributed by atoms with Gasteiger partial charge in [-0.1, -0.05) is 0 Å². The van der Waals surface area contributed by atoms with Crippen LogP contribution >= 0.6 is 11.3 Å². The van der Waals surface area contributed by atoms with Gasteiger partial charge in [0.05, 0.1) is 18.0 Å². The standard InChI is InChI=1S/C12H14N4OS/c1-2-16-7-9(6-13-16)11(17)5-10-8-15-3-4-18-12(15)14-10/h3-4,6-8,11,17H,2,5H2,1H3. The van der Waals surface area contributed by atoms with Crippen molar-refractivity contribution in [3.05, 3.63) is 41.4 Å². The second kappa shape index (κ2) is 4.55. The number of fused-ring (bicyclic) bond motifs is 1. The zero-order valence-corrected chi connectivity index (χ0v) is 10.8. The number of imidazole rings is 1. The predicted molar refractivity (Wildman–Crippen MR) is 69.6 cm³/mol. The van der Waals surface area contributed by atoms with Crippen LogP contribution in [0.25, 0.3) is 4.96 Å². The van der Waals surface area contributed by atoms with Crippen molar-refractivity contribution < 1.29 is 5.11 Å². The first-order chi connectivity index (χ1) is 8.76. The van der Waals surface area contributed by atoms with Crippen molar-refractivity contribution in [2.24, 2.45) is 0 Å². The van der Waals surface area contributed by atoms with Crippen molar-refractivity contribution in [1.29, 1.82) is 0 Å². The van der Waals surface area contributed by atoms with Crippen LogP contribution in [0.4, 0.5) is 0 Å². The first-order valence-electron chi connectivity index (χ1n) is 5.87. The monoisotopic (exact) mass is 262 g/mol. The minimum absolute atomic E-state index is 0.518. The number of rotatable bonds is 4. The molecule has 0 amide bonds. The molecule has 0 aliphatic carbocycles. The normalized spacial score (nSPS) is 13.2. The second-order valence-corrected chi connectivity index (χ2v) is 5.05. The number of nitrogens with zero attached hydrogens (tertiary/aromatic N) is 4. The third kappa shape index (κ3) is 2.04. The molecule has 3 aromatic heterocycles. The molecular formula is C12H14N4OS. The first kappa shape index (κ1) is 11.4. The van der Waals surface area contributed by atoms with Crippen LogP contribution in [-0.4, -0.2) is 24.3 Å². The summed E-state index contributed by atoms with van der Waals surface area (Å²) in [6, 6.07) is 0. The molecular weight excluding hydrogens is 248 g/mol. The van der Waals surface area contributed by atoms with Crippen molar-refractivity contribution in [3.8, 4) is 0 Å². The van der Waals surface area contributed by atoms with Gasteiger partial charge < -0.3 is 5.11 Å². The van der Waals surface area contributed by atoms with Crippen molar-refractivity contribution in [2.45, 2.75) is 26.0 Å². The molecule has 0 spiro atoms. The van der Waals surface area contributed by atoms with Crippen molar-refractivity contribution >= 4 is 16.3 Å². The van der Waals surface area contributed by atoms with E-state index in [4.69, 9.17) is 0 Å². The molecule has 18 heavy (non-hydrogen) atoms. The molecule has 0 radical (unpaired) electrons. The Bertz CT molecular complexity index is 625. The van der Waals surface area contributed by atoms with E-state index in [0.717, 1.165) is 22.8 Å². The van der Waals surface area contributed by atoms with Crippen molar-refractivity contribution in [3.63, 3.8) is 0 Å². The van der Waals surface area contributed by atoms with Gasteiger partial charge in [0, 0.05) is 42.5 Å².